The largest absolute Gasteiger partial charge is 0.479 e. The van der Waals surface area contributed by atoms with Gasteiger partial charge < -0.3 is 10.1 Å². The molecule has 0 radical (unpaired) electrons. The first kappa shape index (κ1) is 18.0. The second-order valence-corrected chi connectivity index (χ2v) is 5.87. The molecule has 1 amide bonds. The van der Waals surface area contributed by atoms with Crippen LogP contribution in [0.5, 0.6) is 5.75 Å². The first-order valence-corrected chi connectivity index (χ1v) is 7.71. The molecule has 126 valence electrons. The van der Waals surface area contributed by atoms with Crippen molar-refractivity contribution in [3.8, 4) is 5.75 Å². The summed E-state index contributed by atoms with van der Waals surface area (Å²) in [6.07, 6.45) is -0.859. The molecule has 2 aromatic carbocycles. The fraction of sp³-hybridized carbons (Fsp3) is 0.188. The number of carbonyl (C=O) groups is 1. The molecule has 0 spiro atoms. The summed E-state index contributed by atoms with van der Waals surface area (Å²) in [4.78, 5) is 22.7. The maximum Gasteiger partial charge on any atom is 0.274 e. The molecule has 24 heavy (non-hydrogen) atoms. The maximum atomic E-state index is 12.3. The third-order valence-electron chi connectivity index (χ3n) is 3.33. The van der Waals surface area contributed by atoms with E-state index in [1.165, 1.54) is 18.2 Å². The summed E-state index contributed by atoms with van der Waals surface area (Å²) in [5.41, 5.74) is 0.654. The van der Waals surface area contributed by atoms with Crippen molar-refractivity contribution < 1.29 is 14.5 Å². The Bertz CT molecular complexity index is 796. The van der Waals surface area contributed by atoms with E-state index in [4.69, 9.17) is 27.9 Å². The summed E-state index contributed by atoms with van der Waals surface area (Å²) in [7, 11) is 0. The van der Waals surface area contributed by atoms with Gasteiger partial charge in [-0.3, -0.25) is 14.9 Å². The summed E-state index contributed by atoms with van der Waals surface area (Å²) in [6, 6.07) is 9.13. The van der Waals surface area contributed by atoms with Crippen LogP contribution in [0.25, 0.3) is 0 Å². The van der Waals surface area contributed by atoms with Crippen molar-refractivity contribution in [2.24, 2.45) is 0 Å². The highest BCUT2D eigenvalue weighted by Crippen LogP contribution is 2.29. The number of ether oxygens (including phenoxy) is 1. The third-order valence-corrected chi connectivity index (χ3v) is 3.86. The number of hydrogen-bond donors (Lipinski definition) is 1. The number of nitro benzene ring substituents is 1. The number of rotatable bonds is 5. The van der Waals surface area contributed by atoms with E-state index >= 15 is 0 Å². The van der Waals surface area contributed by atoms with Gasteiger partial charge in [0.05, 0.1) is 21.2 Å². The number of nitrogens with zero attached hydrogens (tertiary/aromatic N) is 1. The predicted octanol–water partition coefficient (Wildman–Crippen LogP) is 4.62. The Morgan fingerprint density at radius 2 is 2.00 bits per heavy atom. The summed E-state index contributed by atoms with van der Waals surface area (Å²) >= 11 is 11.8. The highest BCUT2D eigenvalue weighted by Gasteiger charge is 2.20. The van der Waals surface area contributed by atoms with Gasteiger partial charge in [-0.1, -0.05) is 29.3 Å². The summed E-state index contributed by atoms with van der Waals surface area (Å²) in [5.74, 6) is -0.135. The molecule has 8 heteroatoms. The number of benzene rings is 2. The van der Waals surface area contributed by atoms with Gasteiger partial charge in [0.2, 0.25) is 0 Å². The topological polar surface area (TPSA) is 81.5 Å². The van der Waals surface area contributed by atoms with E-state index in [2.05, 4.69) is 5.32 Å². The average molecular weight is 369 g/mol. The van der Waals surface area contributed by atoms with E-state index in [0.29, 0.717) is 22.0 Å². The van der Waals surface area contributed by atoms with Crippen molar-refractivity contribution >= 4 is 40.5 Å². The van der Waals surface area contributed by atoms with Gasteiger partial charge in [-0.2, -0.15) is 0 Å². The Labute approximate surface area is 148 Å². The molecule has 0 bridgehead atoms. The van der Waals surface area contributed by atoms with Crippen LogP contribution in [0.4, 0.5) is 11.4 Å². The molecular weight excluding hydrogens is 355 g/mol. The van der Waals surface area contributed by atoms with Crippen LogP contribution in [0.3, 0.4) is 0 Å². The van der Waals surface area contributed by atoms with Crippen molar-refractivity contribution in [1.29, 1.82) is 0 Å². The van der Waals surface area contributed by atoms with E-state index in [0.717, 1.165) is 0 Å². The normalized spacial score (nSPS) is 11.7. The number of hydrogen-bond acceptors (Lipinski definition) is 4. The molecule has 0 saturated heterocycles. The summed E-state index contributed by atoms with van der Waals surface area (Å²) in [6.45, 7) is 3.11. The van der Waals surface area contributed by atoms with Crippen LogP contribution < -0.4 is 10.1 Å². The molecule has 0 aliphatic heterocycles. The minimum Gasteiger partial charge on any atom is -0.479 e. The van der Waals surface area contributed by atoms with E-state index < -0.39 is 16.9 Å². The van der Waals surface area contributed by atoms with Crippen LogP contribution in [0.2, 0.25) is 10.0 Å². The summed E-state index contributed by atoms with van der Waals surface area (Å²) in [5, 5.41) is 14.3. The van der Waals surface area contributed by atoms with Gasteiger partial charge in [0.25, 0.3) is 11.6 Å². The minimum atomic E-state index is -0.859. The molecular formula is C16H14Cl2N2O4. The van der Waals surface area contributed by atoms with Crippen LogP contribution in [0, 0.1) is 17.0 Å². The quantitative estimate of drug-likeness (QED) is 0.616. The average Bonchev–Trinajstić information content (AvgIpc) is 2.51. The van der Waals surface area contributed by atoms with Crippen molar-refractivity contribution in [2.45, 2.75) is 20.0 Å². The van der Waals surface area contributed by atoms with E-state index in [1.807, 2.05) is 0 Å². The van der Waals surface area contributed by atoms with E-state index in [-0.39, 0.29) is 10.7 Å². The molecule has 1 atom stereocenters. The lowest BCUT2D eigenvalue weighted by atomic mass is 10.1. The van der Waals surface area contributed by atoms with Crippen molar-refractivity contribution in [3.63, 3.8) is 0 Å². The van der Waals surface area contributed by atoms with Gasteiger partial charge in [-0.05, 0) is 38.1 Å². The van der Waals surface area contributed by atoms with Gasteiger partial charge in [0, 0.05) is 11.1 Å². The molecule has 6 nitrogen and oxygen atoms in total. The Morgan fingerprint density at radius 3 is 2.62 bits per heavy atom. The zero-order valence-electron chi connectivity index (χ0n) is 12.9. The number of nitrogens with one attached hydrogen (secondary N) is 1. The van der Waals surface area contributed by atoms with Crippen LogP contribution >= 0.6 is 23.2 Å². The Morgan fingerprint density at radius 1 is 1.29 bits per heavy atom. The van der Waals surface area contributed by atoms with Crippen LogP contribution in [0.15, 0.2) is 36.4 Å². The number of amides is 1. The van der Waals surface area contributed by atoms with Gasteiger partial charge in [0.1, 0.15) is 5.75 Å². The van der Waals surface area contributed by atoms with Crippen LogP contribution in [-0.4, -0.2) is 16.9 Å². The molecule has 0 heterocycles. The molecule has 0 fully saturated rings. The molecule has 0 aliphatic carbocycles. The first-order valence-electron chi connectivity index (χ1n) is 6.96. The maximum absolute atomic E-state index is 12.3. The molecule has 0 unspecified atom stereocenters. The van der Waals surface area contributed by atoms with Crippen LogP contribution in [-0.2, 0) is 4.79 Å². The smallest absolute Gasteiger partial charge is 0.274 e. The van der Waals surface area contributed by atoms with Gasteiger partial charge in [-0.15, -0.1) is 0 Å². The van der Waals surface area contributed by atoms with Crippen molar-refractivity contribution in [3.05, 3.63) is 62.1 Å². The molecule has 0 aliphatic rings. The van der Waals surface area contributed by atoms with E-state index in [1.54, 1.807) is 32.0 Å². The number of carbonyl (C=O) groups excluding carboxylic acids is 1. The Kier molecular flexibility index (Phi) is 5.64. The van der Waals surface area contributed by atoms with Gasteiger partial charge in [-0.25, -0.2) is 0 Å². The lowest BCUT2D eigenvalue weighted by Crippen LogP contribution is -2.30. The predicted molar refractivity (Wildman–Crippen MR) is 93.0 cm³/mol. The standard InChI is InChI=1S/C16H14Cl2N2O4/c1-9-13(4-3-5-14(9)20(22)23)19-16(21)10(2)24-15-7-6-11(17)8-12(15)18/h3-8,10H,1-2H3,(H,19,21)/t10-/m1/s1. The monoisotopic (exact) mass is 368 g/mol. The molecule has 1 N–H and O–H groups in total. The molecule has 2 rings (SSSR count). The lowest BCUT2D eigenvalue weighted by Gasteiger charge is -2.16. The SMILES string of the molecule is Cc1c(NC(=O)[C@@H](C)Oc2ccc(Cl)cc2Cl)cccc1[N+](=O)[O-]. The molecule has 2 aromatic rings. The van der Waals surface area contributed by atoms with Gasteiger partial charge >= 0.3 is 0 Å². The minimum absolute atomic E-state index is 0.0675. The molecule has 0 aromatic heterocycles. The van der Waals surface area contributed by atoms with Crippen molar-refractivity contribution in [1.82, 2.24) is 0 Å². The highest BCUT2D eigenvalue weighted by molar-refractivity contribution is 6.35. The number of anilines is 1. The Balaban J connectivity index is 2.12. The van der Waals surface area contributed by atoms with E-state index in [9.17, 15) is 14.9 Å². The van der Waals surface area contributed by atoms with Crippen LogP contribution in [0.1, 0.15) is 12.5 Å². The second-order valence-electron chi connectivity index (χ2n) is 5.03. The Hall–Kier alpha value is -2.31. The second kappa shape index (κ2) is 7.51. The number of halogens is 2. The first-order chi connectivity index (χ1) is 11.3. The zero-order chi connectivity index (χ0) is 17.9. The van der Waals surface area contributed by atoms with Gasteiger partial charge in [0.15, 0.2) is 6.10 Å². The fourth-order valence-electron chi connectivity index (χ4n) is 2.01. The zero-order valence-corrected chi connectivity index (χ0v) is 14.4. The highest BCUT2D eigenvalue weighted by atomic mass is 35.5. The third kappa shape index (κ3) is 4.15. The lowest BCUT2D eigenvalue weighted by molar-refractivity contribution is -0.385. The number of nitro groups is 1. The molecule has 0 saturated carbocycles. The van der Waals surface area contributed by atoms with Crippen molar-refractivity contribution in [2.75, 3.05) is 5.32 Å². The summed E-state index contributed by atoms with van der Waals surface area (Å²) < 4.78 is 5.52. The fourth-order valence-corrected chi connectivity index (χ4v) is 2.46.